The van der Waals surface area contributed by atoms with Crippen molar-refractivity contribution in [2.24, 2.45) is 0 Å². The SMILES string of the molecule is COCc1c(F)c(C)c(C)c(F)c1F. The molecule has 0 heterocycles. The normalized spacial score (nSPS) is 10.7. The van der Waals surface area contributed by atoms with Crippen molar-refractivity contribution in [2.75, 3.05) is 7.11 Å². The van der Waals surface area contributed by atoms with Crippen LogP contribution in [0.3, 0.4) is 0 Å². The van der Waals surface area contributed by atoms with E-state index in [1.165, 1.54) is 21.0 Å². The van der Waals surface area contributed by atoms with E-state index in [2.05, 4.69) is 4.74 Å². The number of rotatable bonds is 2. The lowest BCUT2D eigenvalue weighted by atomic mass is 10.0. The van der Waals surface area contributed by atoms with Gasteiger partial charge < -0.3 is 4.74 Å². The van der Waals surface area contributed by atoms with Crippen molar-refractivity contribution >= 4 is 0 Å². The van der Waals surface area contributed by atoms with Crippen molar-refractivity contribution < 1.29 is 17.9 Å². The van der Waals surface area contributed by atoms with Crippen LogP contribution in [0.1, 0.15) is 16.7 Å². The minimum absolute atomic E-state index is 0.000136. The molecule has 0 atom stereocenters. The Morgan fingerprint density at radius 3 is 1.93 bits per heavy atom. The number of ether oxygens (including phenoxy) is 1. The summed E-state index contributed by atoms with van der Waals surface area (Å²) in [7, 11) is 1.30. The number of hydrogen-bond acceptors (Lipinski definition) is 1. The molecule has 0 aliphatic carbocycles. The van der Waals surface area contributed by atoms with Crippen molar-refractivity contribution in [3.63, 3.8) is 0 Å². The topological polar surface area (TPSA) is 9.23 Å². The van der Waals surface area contributed by atoms with Crippen LogP contribution in [0.4, 0.5) is 13.2 Å². The lowest BCUT2D eigenvalue weighted by molar-refractivity contribution is 0.176. The van der Waals surface area contributed by atoms with E-state index in [-0.39, 0.29) is 23.3 Å². The summed E-state index contributed by atoms with van der Waals surface area (Å²) in [5.41, 5.74) is -0.232. The van der Waals surface area contributed by atoms with Gasteiger partial charge in [-0.25, -0.2) is 13.2 Å². The standard InChI is InChI=1S/C10H11F3O/c1-5-6(2)9(12)10(13)7(4-14-3)8(5)11/h4H2,1-3H3. The molecule has 0 N–H and O–H groups in total. The highest BCUT2D eigenvalue weighted by Crippen LogP contribution is 2.24. The summed E-state index contributed by atoms with van der Waals surface area (Å²) in [5.74, 6) is -2.90. The van der Waals surface area contributed by atoms with Crippen LogP contribution < -0.4 is 0 Å². The number of methoxy groups -OCH3 is 1. The van der Waals surface area contributed by atoms with Crippen LogP contribution in [-0.2, 0) is 11.3 Å². The second kappa shape index (κ2) is 4.00. The fourth-order valence-electron chi connectivity index (χ4n) is 1.22. The summed E-state index contributed by atoms with van der Waals surface area (Å²) < 4.78 is 44.3. The van der Waals surface area contributed by atoms with Gasteiger partial charge in [0.1, 0.15) is 5.82 Å². The first-order valence-electron chi connectivity index (χ1n) is 4.12. The molecule has 0 aliphatic rings. The summed E-state index contributed by atoms with van der Waals surface area (Å²) >= 11 is 0. The van der Waals surface area contributed by atoms with Crippen molar-refractivity contribution in [2.45, 2.75) is 20.5 Å². The maximum atomic E-state index is 13.4. The summed E-state index contributed by atoms with van der Waals surface area (Å²) in [6.45, 7) is 2.48. The average Bonchev–Trinajstić information content (AvgIpc) is 2.19. The predicted octanol–water partition coefficient (Wildman–Crippen LogP) is 2.87. The Labute approximate surface area is 80.5 Å². The summed E-state index contributed by atoms with van der Waals surface area (Å²) in [6, 6.07) is 0. The Bertz CT molecular complexity index is 332. The third kappa shape index (κ3) is 1.62. The Kier molecular flexibility index (Phi) is 3.16. The maximum Gasteiger partial charge on any atom is 0.167 e. The van der Waals surface area contributed by atoms with Crippen LogP contribution in [-0.4, -0.2) is 7.11 Å². The monoisotopic (exact) mass is 204 g/mol. The van der Waals surface area contributed by atoms with Crippen molar-refractivity contribution in [1.82, 2.24) is 0 Å². The van der Waals surface area contributed by atoms with Gasteiger partial charge in [-0.15, -0.1) is 0 Å². The van der Waals surface area contributed by atoms with E-state index < -0.39 is 17.5 Å². The largest absolute Gasteiger partial charge is 0.380 e. The fraction of sp³-hybridized carbons (Fsp3) is 0.400. The van der Waals surface area contributed by atoms with Gasteiger partial charge in [0.2, 0.25) is 0 Å². The molecule has 1 nitrogen and oxygen atoms in total. The van der Waals surface area contributed by atoms with Gasteiger partial charge in [-0.3, -0.25) is 0 Å². The minimum Gasteiger partial charge on any atom is -0.380 e. The van der Waals surface area contributed by atoms with Crippen molar-refractivity contribution in [1.29, 1.82) is 0 Å². The summed E-state index contributed by atoms with van der Waals surface area (Å²) in [6.07, 6.45) is 0. The van der Waals surface area contributed by atoms with E-state index in [1.807, 2.05) is 0 Å². The van der Waals surface area contributed by atoms with Gasteiger partial charge in [0.25, 0.3) is 0 Å². The Hall–Kier alpha value is -1.03. The van der Waals surface area contributed by atoms with Gasteiger partial charge in [0.15, 0.2) is 11.6 Å². The zero-order chi connectivity index (χ0) is 10.9. The van der Waals surface area contributed by atoms with Gasteiger partial charge in [0.05, 0.1) is 12.2 Å². The highest BCUT2D eigenvalue weighted by Gasteiger charge is 2.19. The number of hydrogen-bond donors (Lipinski definition) is 0. The molecule has 0 aliphatic heterocycles. The van der Waals surface area contributed by atoms with Crippen LogP contribution in [0.5, 0.6) is 0 Å². The zero-order valence-corrected chi connectivity index (χ0v) is 8.25. The minimum atomic E-state index is -1.16. The molecule has 0 aromatic heterocycles. The first kappa shape index (κ1) is 11.0. The number of benzene rings is 1. The molecule has 4 heteroatoms. The molecular formula is C10H11F3O. The van der Waals surface area contributed by atoms with E-state index in [0.717, 1.165) is 0 Å². The molecule has 0 saturated heterocycles. The molecular weight excluding hydrogens is 193 g/mol. The van der Waals surface area contributed by atoms with Crippen LogP contribution in [0, 0.1) is 31.3 Å². The summed E-state index contributed by atoms with van der Waals surface area (Å²) in [5, 5.41) is 0. The third-order valence-electron chi connectivity index (χ3n) is 2.23. The van der Waals surface area contributed by atoms with Crippen molar-refractivity contribution in [3.05, 3.63) is 34.1 Å². The first-order valence-corrected chi connectivity index (χ1v) is 4.12. The molecule has 1 aromatic rings. The maximum absolute atomic E-state index is 13.4. The Morgan fingerprint density at radius 1 is 0.929 bits per heavy atom. The Balaban J connectivity index is 3.43. The van der Waals surface area contributed by atoms with Gasteiger partial charge in [0, 0.05) is 7.11 Å². The first-order chi connectivity index (χ1) is 6.50. The average molecular weight is 204 g/mol. The molecule has 0 bridgehead atoms. The van der Waals surface area contributed by atoms with Gasteiger partial charge in [-0.1, -0.05) is 0 Å². The molecule has 0 amide bonds. The molecule has 1 aromatic carbocycles. The third-order valence-corrected chi connectivity index (χ3v) is 2.23. The van der Waals surface area contributed by atoms with E-state index in [1.54, 1.807) is 0 Å². The second-order valence-corrected chi connectivity index (χ2v) is 3.10. The predicted molar refractivity (Wildman–Crippen MR) is 46.5 cm³/mol. The van der Waals surface area contributed by atoms with Gasteiger partial charge in [-0.2, -0.15) is 0 Å². The van der Waals surface area contributed by atoms with Gasteiger partial charge in [-0.05, 0) is 25.0 Å². The molecule has 0 fully saturated rings. The van der Waals surface area contributed by atoms with E-state index in [4.69, 9.17) is 0 Å². The van der Waals surface area contributed by atoms with Crippen molar-refractivity contribution in [3.8, 4) is 0 Å². The second-order valence-electron chi connectivity index (χ2n) is 3.10. The molecule has 0 unspecified atom stereocenters. The lowest BCUT2D eigenvalue weighted by Crippen LogP contribution is -2.06. The van der Waals surface area contributed by atoms with Gasteiger partial charge >= 0.3 is 0 Å². The van der Waals surface area contributed by atoms with Crippen LogP contribution in [0.2, 0.25) is 0 Å². The lowest BCUT2D eigenvalue weighted by Gasteiger charge is -2.10. The number of halogens is 3. The van der Waals surface area contributed by atoms with Crippen LogP contribution in [0.15, 0.2) is 0 Å². The van der Waals surface area contributed by atoms with E-state index in [0.29, 0.717) is 0 Å². The Morgan fingerprint density at radius 2 is 1.43 bits per heavy atom. The highest BCUT2D eigenvalue weighted by atomic mass is 19.2. The zero-order valence-electron chi connectivity index (χ0n) is 8.25. The van der Waals surface area contributed by atoms with Crippen LogP contribution >= 0.6 is 0 Å². The quantitative estimate of drug-likeness (QED) is 0.673. The van der Waals surface area contributed by atoms with E-state index >= 15 is 0 Å². The molecule has 0 saturated carbocycles. The smallest absolute Gasteiger partial charge is 0.167 e. The highest BCUT2D eigenvalue weighted by molar-refractivity contribution is 5.34. The molecule has 0 spiro atoms. The molecule has 0 radical (unpaired) electrons. The molecule has 14 heavy (non-hydrogen) atoms. The van der Waals surface area contributed by atoms with E-state index in [9.17, 15) is 13.2 Å². The molecule has 78 valence electrons. The van der Waals surface area contributed by atoms with Crippen LogP contribution in [0.25, 0.3) is 0 Å². The molecule has 1 rings (SSSR count). The fourth-order valence-corrected chi connectivity index (χ4v) is 1.22. The summed E-state index contributed by atoms with van der Waals surface area (Å²) in [4.78, 5) is 0.